The molecule has 6 heteroatoms. The number of nitrogens with two attached hydrogens (primary N) is 1. The van der Waals surface area contributed by atoms with E-state index in [1.54, 1.807) is 0 Å². The lowest BCUT2D eigenvalue weighted by Gasteiger charge is -2.25. The monoisotopic (exact) mass is 300 g/mol. The predicted octanol–water partition coefficient (Wildman–Crippen LogP) is 2.84. The molecule has 0 bridgehead atoms. The molecule has 21 heavy (non-hydrogen) atoms. The summed E-state index contributed by atoms with van der Waals surface area (Å²) in [5.41, 5.74) is 5.76. The third-order valence-corrected chi connectivity index (χ3v) is 3.89. The second-order valence-corrected chi connectivity index (χ2v) is 5.52. The quantitative estimate of drug-likeness (QED) is 0.902. The summed E-state index contributed by atoms with van der Waals surface area (Å²) >= 11 is 0. The largest absolute Gasteiger partial charge is 0.416 e. The van der Waals surface area contributed by atoms with E-state index in [4.69, 9.17) is 5.73 Å². The van der Waals surface area contributed by atoms with Crippen LogP contribution in [-0.4, -0.2) is 11.9 Å². The first-order valence-corrected chi connectivity index (χ1v) is 7.05. The summed E-state index contributed by atoms with van der Waals surface area (Å²) < 4.78 is 37.3. The van der Waals surface area contributed by atoms with Gasteiger partial charge < -0.3 is 11.1 Å². The Morgan fingerprint density at radius 1 is 1.14 bits per heavy atom. The lowest BCUT2D eigenvalue weighted by molar-refractivity contribution is -0.137. The summed E-state index contributed by atoms with van der Waals surface area (Å²) in [7, 11) is 0. The van der Waals surface area contributed by atoms with Crippen LogP contribution in [0.3, 0.4) is 0 Å². The number of hydrogen-bond donors (Lipinski definition) is 2. The molecule has 0 radical (unpaired) electrons. The number of carbonyl (C=O) groups is 1. The van der Waals surface area contributed by atoms with Crippen molar-refractivity contribution in [2.45, 2.75) is 44.4 Å². The van der Waals surface area contributed by atoms with Gasteiger partial charge >= 0.3 is 6.18 Å². The molecular formula is C15H19F3N2O. The van der Waals surface area contributed by atoms with Gasteiger partial charge in [0.15, 0.2) is 0 Å². The topological polar surface area (TPSA) is 55.1 Å². The van der Waals surface area contributed by atoms with E-state index in [-0.39, 0.29) is 24.4 Å². The van der Waals surface area contributed by atoms with Crippen molar-refractivity contribution >= 4 is 5.91 Å². The average Bonchev–Trinajstić information content (AvgIpc) is 2.45. The summed E-state index contributed by atoms with van der Waals surface area (Å²) in [5.74, 6) is -0.0685. The highest BCUT2D eigenvalue weighted by Crippen LogP contribution is 2.29. The molecule has 1 aromatic rings. The number of halogens is 3. The smallest absolute Gasteiger partial charge is 0.352 e. The molecule has 1 saturated carbocycles. The van der Waals surface area contributed by atoms with Crippen LogP contribution in [0.5, 0.6) is 0 Å². The van der Waals surface area contributed by atoms with Crippen LogP contribution in [0.1, 0.15) is 36.8 Å². The van der Waals surface area contributed by atoms with Gasteiger partial charge in [0, 0.05) is 18.5 Å². The van der Waals surface area contributed by atoms with Crippen LogP contribution >= 0.6 is 0 Å². The summed E-state index contributed by atoms with van der Waals surface area (Å²) in [6.45, 7) is 0.250. The Hall–Kier alpha value is -1.56. The van der Waals surface area contributed by atoms with Gasteiger partial charge in [-0.05, 0) is 43.4 Å². The van der Waals surface area contributed by atoms with Crippen LogP contribution < -0.4 is 11.1 Å². The SMILES string of the molecule is NC1CCC(C(=O)NCc2ccc(C(F)(F)F)cc2)CC1. The molecule has 0 atom stereocenters. The second kappa shape index (κ2) is 6.47. The fourth-order valence-corrected chi connectivity index (χ4v) is 2.53. The Balaban J connectivity index is 1.84. The predicted molar refractivity (Wildman–Crippen MR) is 73.2 cm³/mol. The first kappa shape index (κ1) is 15.8. The Kier molecular flexibility index (Phi) is 4.88. The molecule has 2 rings (SSSR count). The van der Waals surface area contributed by atoms with E-state index in [1.807, 2.05) is 0 Å². The molecule has 3 nitrogen and oxygen atoms in total. The molecule has 1 amide bonds. The van der Waals surface area contributed by atoms with Crippen LogP contribution in [-0.2, 0) is 17.5 Å². The van der Waals surface area contributed by atoms with Gasteiger partial charge in [-0.1, -0.05) is 12.1 Å². The first-order valence-electron chi connectivity index (χ1n) is 7.05. The zero-order chi connectivity index (χ0) is 15.5. The molecule has 0 aromatic heterocycles. The maximum atomic E-state index is 12.4. The van der Waals surface area contributed by atoms with Crippen LogP contribution in [0.2, 0.25) is 0 Å². The van der Waals surface area contributed by atoms with Gasteiger partial charge in [-0.15, -0.1) is 0 Å². The minimum atomic E-state index is -4.33. The zero-order valence-corrected chi connectivity index (χ0v) is 11.6. The van der Waals surface area contributed by atoms with Crippen LogP contribution in [0.25, 0.3) is 0 Å². The molecule has 0 heterocycles. The Bertz CT molecular complexity index is 477. The lowest BCUT2D eigenvalue weighted by Crippen LogP contribution is -2.35. The Labute approximate surface area is 121 Å². The Morgan fingerprint density at radius 2 is 1.71 bits per heavy atom. The molecule has 116 valence electrons. The minimum absolute atomic E-state index is 0.0285. The molecule has 0 saturated heterocycles. The summed E-state index contributed by atoms with van der Waals surface area (Å²) in [4.78, 5) is 12.0. The highest BCUT2D eigenvalue weighted by atomic mass is 19.4. The van der Waals surface area contributed by atoms with E-state index in [0.717, 1.165) is 37.8 Å². The fourth-order valence-electron chi connectivity index (χ4n) is 2.53. The average molecular weight is 300 g/mol. The molecule has 1 fully saturated rings. The van der Waals surface area contributed by atoms with Crippen molar-refractivity contribution in [3.8, 4) is 0 Å². The number of amides is 1. The molecule has 0 aliphatic heterocycles. The lowest BCUT2D eigenvalue weighted by atomic mass is 9.86. The van der Waals surface area contributed by atoms with Crippen LogP contribution in [0, 0.1) is 5.92 Å². The summed E-state index contributed by atoms with van der Waals surface area (Å²) in [5, 5.41) is 2.78. The first-order chi connectivity index (χ1) is 9.86. The third-order valence-electron chi connectivity index (χ3n) is 3.89. The van der Waals surface area contributed by atoms with Crippen molar-refractivity contribution in [2.24, 2.45) is 11.7 Å². The van der Waals surface area contributed by atoms with Crippen molar-refractivity contribution in [3.05, 3.63) is 35.4 Å². The molecule has 0 unspecified atom stereocenters. The van der Waals surface area contributed by atoms with Crippen molar-refractivity contribution in [1.82, 2.24) is 5.32 Å². The number of rotatable bonds is 3. The van der Waals surface area contributed by atoms with E-state index < -0.39 is 11.7 Å². The number of carbonyl (C=O) groups excluding carboxylic acids is 1. The van der Waals surface area contributed by atoms with Crippen molar-refractivity contribution < 1.29 is 18.0 Å². The van der Waals surface area contributed by atoms with Crippen LogP contribution in [0.15, 0.2) is 24.3 Å². The van der Waals surface area contributed by atoms with Gasteiger partial charge in [-0.3, -0.25) is 4.79 Å². The Morgan fingerprint density at radius 3 is 2.24 bits per heavy atom. The number of hydrogen-bond acceptors (Lipinski definition) is 2. The maximum absolute atomic E-state index is 12.4. The molecule has 1 aliphatic rings. The highest BCUT2D eigenvalue weighted by molar-refractivity contribution is 5.78. The van der Waals surface area contributed by atoms with Gasteiger partial charge in [0.05, 0.1) is 5.56 Å². The van der Waals surface area contributed by atoms with Gasteiger partial charge in [-0.2, -0.15) is 13.2 Å². The normalized spacial score (nSPS) is 22.9. The van der Waals surface area contributed by atoms with E-state index in [2.05, 4.69) is 5.32 Å². The van der Waals surface area contributed by atoms with Crippen molar-refractivity contribution in [3.63, 3.8) is 0 Å². The molecular weight excluding hydrogens is 281 g/mol. The van der Waals surface area contributed by atoms with E-state index in [1.165, 1.54) is 12.1 Å². The van der Waals surface area contributed by atoms with E-state index in [0.29, 0.717) is 5.56 Å². The van der Waals surface area contributed by atoms with E-state index in [9.17, 15) is 18.0 Å². The minimum Gasteiger partial charge on any atom is -0.352 e. The number of alkyl halides is 3. The van der Waals surface area contributed by atoms with Crippen molar-refractivity contribution in [2.75, 3.05) is 0 Å². The highest BCUT2D eigenvalue weighted by Gasteiger charge is 2.30. The fraction of sp³-hybridized carbons (Fsp3) is 0.533. The van der Waals surface area contributed by atoms with Gasteiger partial charge in [0.2, 0.25) is 5.91 Å². The van der Waals surface area contributed by atoms with Crippen molar-refractivity contribution in [1.29, 1.82) is 0 Å². The summed E-state index contributed by atoms with van der Waals surface area (Å²) in [6, 6.07) is 5.02. The molecule has 1 aliphatic carbocycles. The van der Waals surface area contributed by atoms with Gasteiger partial charge in [-0.25, -0.2) is 0 Å². The van der Waals surface area contributed by atoms with E-state index >= 15 is 0 Å². The third kappa shape index (κ3) is 4.46. The van der Waals surface area contributed by atoms with Gasteiger partial charge in [0.25, 0.3) is 0 Å². The maximum Gasteiger partial charge on any atom is 0.416 e. The van der Waals surface area contributed by atoms with Gasteiger partial charge in [0.1, 0.15) is 0 Å². The standard InChI is InChI=1S/C15H19F3N2O/c16-15(17,18)12-5-1-10(2-6-12)9-20-14(21)11-3-7-13(19)8-4-11/h1-2,5-6,11,13H,3-4,7-9,19H2,(H,20,21). The zero-order valence-electron chi connectivity index (χ0n) is 11.6. The number of benzene rings is 1. The molecule has 1 aromatic carbocycles. The molecule has 0 spiro atoms. The number of nitrogens with one attached hydrogen (secondary N) is 1. The van der Waals surface area contributed by atoms with Crippen LogP contribution in [0.4, 0.5) is 13.2 Å². The second-order valence-electron chi connectivity index (χ2n) is 5.52. The molecule has 3 N–H and O–H groups in total. The summed E-state index contributed by atoms with van der Waals surface area (Å²) in [6.07, 6.45) is -1.08.